The Labute approximate surface area is 586 Å². The van der Waals surface area contributed by atoms with Crippen LogP contribution >= 0.6 is 90.4 Å². The number of carbonyl (C=O) groups excluding carboxylic acids is 2. The topological polar surface area (TPSA) is 312 Å². The van der Waals surface area contributed by atoms with Gasteiger partial charge in [0.05, 0.1) is 37.2 Å². The van der Waals surface area contributed by atoms with Gasteiger partial charge in [-0.15, -0.1) is 6.42 Å². The number of piperazine rings is 1. The Morgan fingerprint density at radius 2 is 1.51 bits per heavy atom. The Morgan fingerprint density at radius 1 is 0.864 bits per heavy atom. The molecule has 4 aliphatic carbocycles. The summed E-state index contributed by atoms with van der Waals surface area (Å²) in [6.45, 7) is 7.29. The van der Waals surface area contributed by atoms with Crippen molar-refractivity contribution < 1.29 is 98.3 Å². The minimum Gasteiger partial charge on any atom is -0.548 e. The van der Waals surface area contributed by atoms with Crippen LogP contribution in [0.15, 0.2) is 71.2 Å². The normalized spacial score (nSPS) is 24.0. The van der Waals surface area contributed by atoms with Crippen LogP contribution in [0.25, 0.3) is 10.9 Å². The van der Waals surface area contributed by atoms with E-state index in [0.717, 1.165) is 76.8 Å². The predicted molar refractivity (Wildman–Crippen MR) is 357 cm³/mol. The zero-order chi connectivity index (χ0) is 63.6. The molecule has 1 saturated heterocycles. The number of phenolic OH excluding ortho intramolecular Hbond substituents is 3. The number of aliphatic carboxylic acids is 2. The number of ketones is 1. The van der Waals surface area contributed by atoms with Crippen molar-refractivity contribution >= 4 is 131 Å². The van der Waals surface area contributed by atoms with E-state index in [1.165, 1.54) is 42.8 Å². The third-order valence-corrected chi connectivity index (χ3v) is 21.3. The molecule has 11 rings (SSSR count). The number of carbonyl (C=O) groups is 4. The number of carboxylic acids is 3. The Kier molecular flexibility index (Phi) is 24.5. The molecule has 4 fully saturated rings. The third-order valence-electron chi connectivity index (χ3n) is 18.0. The first-order valence-corrected chi connectivity index (χ1v) is 32.9. The van der Waals surface area contributed by atoms with Crippen molar-refractivity contribution in [2.45, 2.75) is 108 Å². The number of pyridine rings is 1. The van der Waals surface area contributed by atoms with Crippen LogP contribution in [0.1, 0.15) is 99.2 Å². The number of halogens is 5. The average molecular weight is 1670 g/mol. The Morgan fingerprint density at radius 3 is 2.10 bits per heavy atom. The molecule has 0 radical (unpaired) electrons. The molecule has 88 heavy (non-hydrogen) atoms. The summed E-state index contributed by atoms with van der Waals surface area (Å²) >= 11 is 8.37. The number of anilines is 1. The molecule has 466 valence electrons. The fraction of sp³-hybridized carbons (Fsp3) is 0.444. The molecule has 0 amide bonds. The summed E-state index contributed by atoms with van der Waals surface area (Å²) in [6, 6.07) is 10.2. The fourth-order valence-electron chi connectivity index (χ4n) is 13.6. The summed E-state index contributed by atoms with van der Waals surface area (Å²) in [7, 11) is 2.02. The zero-order valence-corrected chi connectivity index (χ0v) is 59.7. The van der Waals surface area contributed by atoms with E-state index in [4.69, 9.17) is 42.7 Å². The molecule has 0 unspecified atom stereocenters. The third kappa shape index (κ3) is 15.4. The van der Waals surface area contributed by atoms with Crippen molar-refractivity contribution in [3.05, 3.63) is 113 Å². The summed E-state index contributed by atoms with van der Waals surface area (Å²) in [5, 5.41) is 67.7. The number of hydrogen-bond acceptors (Lipinski definition) is 16. The van der Waals surface area contributed by atoms with Crippen LogP contribution in [-0.4, -0.2) is 121 Å². The maximum atomic E-state index is 15.0. The van der Waals surface area contributed by atoms with Gasteiger partial charge in [-0.3, -0.25) is 14.4 Å². The number of aliphatic hydroxyl groups is 1. The van der Waals surface area contributed by atoms with Crippen LogP contribution < -0.4 is 65.9 Å². The smallest absolute Gasteiger partial charge is 0.548 e. The average Bonchev–Trinajstić information content (AvgIpc) is 1.36. The number of aromatic nitrogens is 1. The number of allylic oxidation sites excluding steroid dienone is 1. The van der Waals surface area contributed by atoms with Crippen LogP contribution in [0.3, 0.4) is 0 Å². The number of nitrogens with two attached hydrogens (primary N) is 2. The van der Waals surface area contributed by atoms with E-state index >= 15 is 0 Å². The first-order chi connectivity index (χ1) is 41.1. The number of rotatable bonds is 11. The molecule has 3 saturated carbocycles. The van der Waals surface area contributed by atoms with E-state index in [2.05, 4.69) is 62.9 Å². The monoisotopic (exact) mass is 1670 g/mol. The second-order valence-corrected chi connectivity index (χ2v) is 27.8. The van der Waals surface area contributed by atoms with Gasteiger partial charge in [-0.05, 0) is 252 Å². The quantitative estimate of drug-likeness (QED) is 0.0340. The van der Waals surface area contributed by atoms with Gasteiger partial charge in [0, 0.05) is 50.3 Å². The van der Waals surface area contributed by atoms with E-state index in [9.17, 15) is 48.8 Å². The number of fused-ring (bicyclic) bond motifs is 5. The maximum absolute atomic E-state index is 15.0. The van der Waals surface area contributed by atoms with Crippen LogP contribution in [0.5, 0.6) is 34.5 Å². The largest absolute Gasteiger partial charge is 1.00 e. The Balaban J connectivity index is 0.000000170. The molecule has 25 heteroatoms. The number of phenols is 3. The first kappa shape index (κ1) is 71.4. The Bertz CT molecular complexity index is 3590. The van der Waals surface area contributed by atoms with E-state index in [1.807, 2.05) is 82.3 Å². The number of aromatic carboxylic acids is 1. The maximum Gasteiger partial charge on any atom is 1.00 e. The van der Waals surface area contributed by atoms with Crippen LogP contribution in [0.4, 0.5) is 10.1 Å². The molecule has 1 aromatic heterocycles. The van der Waals surface area contributed by atoms with E-state index in [1.54, 1.807) is 16.7 Å². The molecule has 0 spiro atoms. The predicted octanol–water partition coefficient (Wildman–Crippen LogP) is 5.71. The number of carboxylic acid groups (broad SMARTS) is 3. The van der Waals surface area contributed by atoms with Crippen molar-refractivity contribution in [2.24, 2.45) is 40.6 Å². The van der Waals surface area contributed by atoms with Gasteiger partial charge in [0.2, 0.25) is 5.43 Å². The molecule has 3 heterocycles. The van der Waals surface area contributed by atoms with E-state index in [-0.39, 0.29) is 88.7 Å². The minimum atomic E-state index is -1.32. The number of ether oxygens (including phenoxy) is 2. The summed E-state index contributed by atoms with van der Waals surface area (Å²) in [5.41, 5.74) is 12.5. The van der Waals surface area contributed by atoms with Crippen LogP contribution in [0.2, 0.25) is 0 Å². The van der Waals surface area contributed by atoms with Crippen molar-refractivity contribution in [1.82, 2.24) is 9.47 Å². The number of benzene rings is 4. The zero-order valence-electron chi connectivity index (χ0n) is 49.0. The van der Waals surface area contributed by atoms with E-state index < -0.39 is 46.8 Å². The van der Waals surface area contributed by atoms with Gasteiger partial charge in [-0.25, -0.2) is 9.18 Å². The van der Waals surface area contributed by atoms with Gasteiger partial charge < -0.3 is 75.8 Å². The Hall–Kier alpha value is -4.04. The molecular formula is C63H69FI4N5NaO14. The number of aromatic hydroxyl groups is 3. The molecule has 9 atom stereocenters. The molecule has 5 aromatic rings. The standard InChI is InChI=1S/C21H28O2.C18H20FN3O4.C15H11I4NO4.C9H11NO4.Na/c1-3-20-11-9-17-16-8-6-15(22)13-14(16)5-7-18(17)19(20)10-12-21(20,23)4-2;1-10-9-26-17-14-11(16(23)12(18(24)25)8-22(10)14)7-13(19)15(17)21-5-3-20(2)4-6-21;16-8-4-7(5-9(17)13(8)21)24-14-10(18)1-6(2-11(14)19)3-12(20)15(22)23;10-6(9(13)14)3-5-1-2-7(11)8(12)4-5;/h2,13,16-19,23H,3,5-12H2,1H3;7-8,10H,3-6,9H2,1-2H3,(H,24,25);1-2,4-5,12,21H,3,20H2,(H,22,23);1-2,4,6,11-12H,3,10H2,(H,13,14);/q;;;;+1/p-1/t16-,17+,18+,19-,20-,21-;10-;12-;6-;/m0000./s1. The molecule has 0 bridgehead atoms. The van der Waals surface area contributed by atoms with Crippen LogP contribution in [0, 0.1) is 61.5 Å². The molecule has 4 aromatic carbocycles. The molecule has 19 nitrogen and oxygen atoms in total. The van der Waals surface area contributed by atoms with Gasteiger partial charge >= 0.3 is 41.5 Å². The number of terminal acetylenes is 1. The summed E-state index contributed by atoms with van der Waals surface area (Å²) in [4.78, 5) is 61.0. The van der Waals surface area contributed by atoms with Gasteiger partial charge in [0.25, 0.3) is 0 Å². The summed E-state index contributed by atoms with van der Waals surface area (Å²) < 4.78 is 31.6. The van der Waals surface area contributed by atoms with Gasteiger partial charge in [0.1, 0.15) is 41.0 Å². The minimum absolute atomic E-state index is 0. The van der Waals surface area contributed by atoms with Crippen LogP contribution in [-0.2, 0) is 27.2 Å². The number of nitrogens with zero attached hydrogens (tertiary/aromatic N) is 3. The van der Waals surface area contributed by atoms with Crippen molar-refractivity contribution in [2.75, 3.05) is 44.7 Å². The summed E-state index contributed by atoms with van der Waals surface area (Å²) in [5.74, 6) is 2.84. The van der Waals surface area contributed by atoms with Crippen molar-refractivity contribution in [1.29, 1.82) is 0 Å². The molecule has 2 aliphatic heterocycles. The molecular weight excluding hydrogens is 1600 g/mol. The SMILES string of the molecule is C#C[C@]1(O)CC[C@H]2[C@@H]3CCC4=CC(=O)CC[C@@H]4[C@H]3CC[C@@]21CC.C[C@H]1COc2c(N3CCN(C)CC3)c(F)cc3c(=O)c(C(=O)O)cn1c23.N[C@@H](Cc1cc(I)c(Oc2cc(I)c(O)c(I)c2)c(I)c1)C(=O)[O-].N[C@@H](Cc1ccc(O)c(O)c1)C(=O)O.[Na+]. The summed E-state index contributed by atoms with van der Waals surface area (Å²) in [6.07, 6.45) is 18.5. The second-order valence-electron chi connectivity index (χ2n) is 23.2. The van der Waals surface area contributed by atoms with E-state index in [0.29, 0.717) is 83.7 Å². The molecule has 10 N–H and O–H groups in total. The fourth-order valence-corrected chi connectivity index (χ4v) is 17.4. The van der Waals surface area contributed by atoms with Gasteiger partial charge in [0.15, 0.2) is 34.6 Å². The van der Waals surface area contributed by atoms with Crippen molar-refractivity contribution in [3.8, 4) is 46.8 Å². The molecule has 6 aliphatic rings. The van der Waals surface area contributed by atoms with Gasteiger partial charge in [-0.2, -0.15) is 0 Å². The van der Waals surface area contributed by atoms with Gasteiger partial charge in [-0.1, -0.05) is 24.5 Å². The second kappa shape index (κ2) is 30.1. The number of likely N-dealkylation sites (N-methyl/N-ethyl adjacent to an activating group) is 1. The van der Waals surface area contributed by atoms with Crippen molar-refractivity contribution in [3.63, 3.8) is 0 Å². The first-order valence-electron chi connectivity index (χ1n) is 28.6. The number of hydrogen-bond donors (Lipinski definition) is 8.